The van der Waals surface area contributed by atoms with Crippen molar-refractivity contribution in [2.45, 2.75) is 6.54 Å². The highest BCUT2D eigenvalue weighted by molar-refractivity contribution is 9.10. The highest BCUT2D eigenvalue weighted by Crippen LogP contribution is 2.30. The van der Waals surface area contributed by atoms with Crippen LogP contribution in [0.15, 0.2) is 46.9 Å². The van der Waals surface area contributed by atoms with Gasteiger partial charge in [0.25, 0.3) is 0 Å². The van der Waals surface area contributed by atoms with Gasteiger partial charge < -0.3 is 5.32 Å². The van der Waals surface area contributed by atoms with Crippen molar-refractivity contribution in [3.8, 4) is 11.1 Å². The van der Waals surface area contributed by atoms with Crippen LogP contribution >= 0.6 is 27.5 Å². The maximum atomic E-state index is 6.31. The molecule has 2 rings (SSSR count). The largest absolute Gasteiger partial charge is 0.316 e. The Morgan fingerprint density at radius 3 is 2.65 bits per heavy atom. The van der Waals surface area contributed by atoms with E-state index in [1.54, 1.807) is 0 Å². The van der Waals surface area contributed by atoms with E-state index in [9.17, 15) is 0 Å². The van der Waals surface area contributed by atoms with Crippen LogP contribution in [0.4, 0.5) is 0 Å². The fourth-order valence-corrected chi connectivity index (χ4v) is 2.47. The Kier molecular flexibility index (Phi) is 4.21. The first-order valence-electron chi connectivity index (χ1n) is 5.39. The predicted octanol–water partition coefficient (Wildman–Crippen LogP) is 4.49. The van der Waals surface area contributed by atoms with E-state index >= 15 is 0 Å². The van der Waals surface area contributed by atoms with Crippen LogP contribution in [0.2, 0.25) is 5.02 Å². The fourth-order valence-electron chi connectivity index (χ4n) is 1.76. The highest BCUT2D eigenvalue weighted by Gasteiger charge is 2.04. The van der Waals surface area contributed by atoms with E-state index in [1.165, 1.54) is 5.56 Å². The minimum Gasteiger partial charge on any atom is -0.316 e. The maximum absolute atomic E-state index is 6.31. The second kappa shape index (κ2) is 5.67. The van der Waals surface area contributed by atoms with Gasteiger partial charge in [-0.2, -0.15) is 0 Å². The Bertz CT molecular complexity index is 525. The van der Waals surface area contributed by atoms with Crippen molar-refractivity contribution < 1.29 is 0 Å². The summed E-state index contributed by atoms with van der Waals surface area (Å²) >= 11 is 9.78. The molecule has 0 bridgehead atoms. The highest BCUT2D eigenvalue weighted by atomic mass is 79.9. The molecule has 88 valence electrons. The van der Waals surface area contributed by atoms with E-state index in [1.807, 2.05) is 25.2 Å². The Balaban J connectivity index is 2.39. The number of hydrogen-bond acceptors (Lipinski definition) is 1. The number of rotatable bonds is 3. The van der Waals surface area contributed by atoms with Gasteiger partial charge in [-0.25, -0.2) is 0 Å². The van der Waals surface area contributed by atoms with E-state index < -0.39 is 0 Å². The molecule has 1 N–H and O–H groups in total. The smallest absolute Gasteiger partial charge is 0.0487 e. The van der Waals surface area contributed by atoms with Crippen molar-refractivity contribution in [2.75, 3.05) is 7.05 Å². The van der Waals surface area contributed by atoms with Crippen LogP contribution in [0.25, 0.3) is 11.1 Å². The maximum Gasteiger partial charge on any atom is 0.0487 e. The van der Waals surface area contributed by atoms with Crippen LogP contribution in [-0.4, -0.2) is 7.05 Å². The van der Waals surface area contributed by atoms with Crippen LogP contribution in [0.3, 0.4) is 0 Å². The third-order valence-electron chi connectivity index (χ3n) is 2.55. The van der Waals surface area contributed by atoms with Crippen LogP contribution in [0.1, 0.15) is 5.56 Å². The molecular formula is C14H13BrClN. The number of benzene rings is 2. The van der Waals surface area contributed by atoms with E-state index in [-0.39, 0.29) is 0 Å². The molecule has 3 heteroatoms. The van der Waals surface area contributed by atoms with Crippen molar-refractivity contribution in [1.82, 2.24) is 5.32 Å². The zero-order chi connectivity index (χ0) is 12.3. The normalized spacial score (nSPS) is 10.5. The molecule has 0 atom stereocenters. The van der Waals surface area contributed by atoms with E-state index in [4.69, 9.17) is 11.6 Å². The zero-order valence-electron chi connectivity index (χ0n) is 9.50. The molecule has 2 aromatic rings. The molecular weight excluding hydrogens is 298 g/mol. The van der Waals surface area contributed by atoms with Crippen molar-refractivity contribution in [3.63, 3.8) is 0 Å². The van der Waals surface area contributed by atoms with Gasteiger partial charge in [-0.1, -0.05) is 51.8 Å². The van der Waals surface area contributed by atoms with Gasteiger partial charge in [-0.15, -0.1) is 0 Å². The van der Waals surface area contributed by atoms with Gasteiger partial charge >= 0.3 is 0 Å². The first kappa shape index (κ1) is 12.6. The Labute approximate surface area is 115 Å². The molecule has 0 unspecified atom stereocenters. The van der Waals surface area contributed by atoms with Gasteiger partial charge in [0.1, 0.15) is 0 Å². The van der Waals surface area contributed by atoms with Crippen molar-refractivity contribution >= 4 is 27.5 Å². The van der Waals surface area contributed by atoms with Gasteiger partial charge in [-0.05, 0) is 36.4 Å². The summed E-state index contributed by atoms with van der Waals surface area (Å²) in [5.41, 5.74) is 3.38. The average molecular weight is 311 g/mol. The summed E-state index contributed by atoms with van der Waals surface area (Å²) in [5.74, 6) is 0. The van der Waals surface area contributed by atoms with Crippen molar-refractivity contribution in [1.29, 1.82) is 0 Å². The Hall–Kier alpha value is -0.830. The molecule has 0 heterocycles. The standard InChI is InChI=1S/C14H13BrClN/c1-17-9-10-5-6-13(14(16)7-10)11-3-2-4-12(15)8-11/h2-8,17H,9H2,1H3. The van der Waals surface area contributed by atoms with Gasteiger partial charge in [0.05, 0.1) is 0 Å². The number of halogens is 2. The molecule has 0 fully saturated rings. The molecule has 0 spiro atoms. The summed E-state index contributed by atoms with van der Waals surface area (Å²) < 4.78 is 1.06. The Morgan fingerprint density at radius 1 is 1.18 bits per heavy atom. The topological polar surface area (TPSA) is 12.0 Å². The fraction of sp³-hybridized carbons (Fsp3) is 0.143. The first-order valence-corrected chi connectivity index (χ1v) is 6.57. The van der Waals surface area contributed by atoms with Crippen LogP contribution in [0, 0.1) is 0 Å². The predicted molar refractivity (Wildman–Crippen MR) is 77.4 cm³/mol. The molecule has 0 aromatic heterocycles. The lowest BCUT2D eigenvalue weighted by atomic mass is 10.0. The molecule has 0 saturated heterocycles. The molecule has 0 saturated carbocycles. The third kappa shape index (κ3) is 3.09. The third-order valence-corrected chi connectivity index (χ3v) is 3.36. The molecule has 1 nitrogen and oxygen atoms in total. The quantitative estimate of drug-likeness (QED) is 0.881. The second-order valence-electron chi connectivity index (χ2n) is 3.85. The second-order valence-corrected chi connectivity index (χ2v) is 5.18. The lowest BCUT2D eigenvalue weighted by Crippen LogP contribution is -2.04. The first-order chi connectivity index (χ1) is 8.20. The summed E-state index contributed by atoms with van der Waals surface area (Å²) in [5, 5.41) is 3.90. The lowest BCUT2D eigenvalue weighted by Gasteiger charge is -2.07. The van der Waals surface area contributed by atoms with E-state index in [0.29, 0.717) is 0 Å². The van der Waals surface area contributed by atoms with Gasteiger partial charge in [0, 0.05) is 21.6 Å². The molecule has 0 aliphatic carbocycles. The minimum absolute atomic E-state index is 0.788. The van der Waals surface area contributed by atoms with Crippen molar-refractivity contribution in [2.24, 2.45) is 0 Å². The minimum atomic E-state index is 0.788. The number of nitrogens with one attached hydrogen (secondary N) is 1. The molecule has 17 heavy (non-hydrogen) atoms. The molecule has 0 amide bonds. The number of hydrogen-bond donors (Lipinski definition) is 1. The van der Waals surface area contributed by atoms with Gasteiger partial charge in [0.15, 0.2) is 0 Å². The summed E-state index contributed by atoms with van der Waals surface area (Å²) in [4.78, 5) is 0. The monoisotopic (exact) mass is 309 g/mol. The lowest BCUT2D eigenvalue weighted by molar-refractivity contribution is 0.818. The molecule has 0 radical (unpaired) electrons. The summed E-state index contributed by atoms with van der Waals surface area (Å²) in [6.07, 6.45) is 0. The summed E-state index contributed by atoms with van der Waals surface area (Å²) in [7, 11) is 1.93. The van der Waals surface area contributed by atoms with Gasteiger partial charge in [0.2, 0.25) is 0 Å². The molecule has 0 aliphatic heterocycles. The average Bonchev–Trinajstić information content (AvgIpc) is 2.29. The Morgan fingerprint density at radius 2 is 2.00 bits per heavy atom. The van der Waals surface area contributed by atoms with Gasteiger partial charge in [-0.3, -0.25) is 0 Å². The van der Waals surface area contributed by atoms with Crippen LogP contribution in [-0.2, 0) is 6.54 Å². The van der Waals surface area contributed by atoms with E-state index in [0.717, 1.165) is 27.2 Å². The van der Waals surface area contributed by atoms with Crippen molar-refractivity contribution in [3.05, 3.63) is 57.5 Å². The summed E-state index contributed by atoms with van der Waals surface area (Å²) in [6, 6.07) is 14.3. The van der Waals surface area contributed by atoms with E-state index in [2.05, 4.69) is 45.5 Å². The molecule has 2 aromatic carbocycles. The summed E-state index contributed by atoms with van der Waals surface area (Å²) in [6.45, 7) is 0.832. The molecule has 0 aliphatic rings. The van der Waals surface area contributed by atoms with Crippen LogP contribution in [0.5, 0.6) is 0 Å². The van der Waals surface area contributed by atoms with Crippen LogP contribution < -0.4 is 5.32 Å². The SMILES string of the molecule is CNCc1ccc(-c2cccc(Br)c2)c(Cl)c1. The zero-order valence-corrected chi connectivity index (χ0v) is 11.8.